The maximum absolute atomic E-state index is 12.1. The largest absolute Gasteiger partial charge is 0.504 e. The van der Waals surface area contributed by atoms with E-state index in [0.717, 1.165) is 18.4 Å². The molecule has 0 heterocycles. The van der Waals surface area contributed by atoms with Gasteiger partial charge in [0.25, 0.3) is 0 Å². The van der Waals surface area contributed by atoms with Gasteiger partial charge in [-0.2, -0.15) is 0 Å². The Morgan fingerprint density at radius 1 is 1.24 bits per heavy atom. The molecule has 0 saturated heterocycles. The second kappa shape index (κ2) is 3.71. The molecule has 4 aliphatic rings. The summed E-state index contributed by atoms with van der Waals surface area (Å²) in [5, 5.41) is 10.1. The lowest BCUT2D eigenvalue weighted by molar-refractivity contribution is -0.115. The molecule has 0 aromatic rings. The summed E-state index contributed by atoms with van der Waals surface area (Å²) in [4.78, 5) is 12.1. The van der Waals surface area contributed by atoms with Crippen LogP contribution in [0, 0.1) is 22.2 Å². The van der Waals surface area contributed by atoms with Crippen LogP contribution in [-0.2, 0) is 4.79 Å². The summed E-state index contributed by atoms with van der Waals surface area (Å²) < 4.78 is 0. The minimum absolute atomic E-state index is 0.0360. The average molecular weight is 284 g/mol. The van der Waals surface area contributed by atoms with Gasteiger partial charge in [0.1, 0.15) is 0 Å². The third-order valence-corrected chi connectivity index (χ3v) is 6.93. The van der Waals surface area contributed by atoms with Crippen molar-refractivity contribution in [3.63, 3.8) is 0 Å². The van der Waals surface area contributed by atoms with Crippen molar-refractivity contribution in [1.82, 2.24) is 0 Å². The van der Waals surface area contributed by atoms with E-state index in [1.807, 2.05) is 13.0 Å². The standard InChI is InChI=1S/C19H24O2/c1-12-13-4-7-19-9-8-17(2,11-19)6-5-15(19)18(13,3)10-14(20)16(12)21/h8-10,15,20H,4-7,11H2,1-3H3/t15-,17+,18+,19-/m0/s1. The maximum Gasteiger partial charge on any atom is 0.222 e. The van der Waals surface area contributed by atoms with Gasteiger partial charge in [0, 0.05) is 11.0 Å². The molecule has 2 bridgehead atoms. The van der Waals surface area contributed by atoms with E-state index in [9.17, 15) is 9.90 Å². The summed E-state index contributed by atoms with van der Waals surface area (Å²) in [7, 11) is 0. The van der Waals surface area contributed by atoms with Gasteiger partial charge >= 0.3 is 0 Å². The summed E-state index contributed by atoms with van der Waals surface area (Å²) in [6, 6.07) is 0. The van der Waals surface area contributed by atoms with Crippen LogP contribution in [0.2, 0.25) is 0 Å². The molecule has 4 aliphatic carbocycles. The van der Waals surface area contributed by atoms with Crippen LogP contribution in [0.3, 0.4) is 0 Å². The highest BCUT2D eigenvalue weighted by atomic mass is 16.3. The van der Waals surface area contributed by atoms with Crippen molar-refractivity contribution in [2.45, 2.75) is 52.9 Å². The second-order valence-electron chi connectivity index (χ2n) is 8.23. The highest BCUT2D eigenvalue weighted by Gasteiger charge is 2.59. The summed E-state index contributed by atoms with van der Waals surface area (Å²) in [5.41, 5.74) is 2.59. The number of hydrogen-bond donors (Lipinski definition) is 1. The van der Waals surface area contributed by atoms with Crippen LogP contribution in [0.4, 0.5) is 0 Å². The zero-order chi connectivity index (χ0) is 15.0. The summed E-state index contributed by atoms with van der Waals surface area (Å²) >= 11 is 0. The summed E-state index contributed by atoms with van der Waals surface area (Å²) in [6.45, 7) is 6.52. The van der Waals surface area contributed by atoms with Gasteiger partial charge in [-0.3, -0.25) is 4.79 Å². The van der Waals surface area contributed by atoms with Crippen molar-refractivity contribution in [1.29, 1.82) is 0 Å². The van der Waals surface area contributed by atoms with Crippen LogP contribution in [-0.4, -0.2) is 10.9 Å². The number of carbonyl (C=O) groups is 1. The molecule has 21 heavy (non-hydrogen) atoms. The fraction of sp³-hybridized carbons (Fsp3) is 0.632. The molecule has 4 atom stereocenters. The van der Waals surface area contributed by atoms with Crippen LogP contribution in [0.1, 0.15) is 52.9 Å². The van der Waals surface area contributed by atoms with Crippen LogP contribution in [0.25, 0.3) is 0 Å². The first-order valence-electron chi connectivity index (χ1n) is 8.17. The molecule has 112 valence electrons. The molecule has 2 saturated carbocycles. The van der Waals surface area contributed by atoms with Crippen LogP contribution in [0.5, 0.6) is 0 Å². The molecule has 0 amide bonds. The number of hydrogen-bond acceptors (Lipinski definition) is 2. The summed E-state index contributed by atoms with van der Waals surface area (Å²) in [5.74, 6) is 0.318. The highest BCUT2D eigenvalue weighted by molar-refractivity contribution is 6.08. The Bertz CT molecular complexity index is 638. The molecule has 4 rings (SSSR count). The minimum Gasteiger partial charge on any atom is -0.504 e. The number of aliphatic hydroxyl groups is 1. The average Bonchev–Trinajstić information content (AvgIpc) is 2.66. The molecule has 1 N–H and O–H groups in total. The Morgan fingerprint density at radius 2 is 2.00 bits per heavy atom. The number of carbonyl (C=O) groups excluding carboxylic acids is 1. The quantitative estimate of drug-likeness (QED) is 0.665. The topological polar surface area (TPSA) is 37.3 Å². The second-order valence-corrected chi connectivity index (χ2v) is 8.23. The Balaban J connectivity index is 1.86. The first-order chi connectivity index (χ1) is 9.80. The van der Waals surface area contributed by atoms with Crippen molar-refractivity contribution < 1.29 is 9.90 Å². The van der Waals surface area contributed by atoms with Gasteiger partial charge in [-0.25, -0.2) is 0 Å². The van der Waals surface area contributed by atoms with Gasteiger partial charge in [-0.1, -0.05) is 31.6 Å². The molecule has 2 fully saturated rings. The fourth-order valence-corrected chi connectivity index (χ4v) is 5.95. The van der Waals surface area contributed by atoms with Gasteiger partial charge < -0.3 is 5.11 Å². The van der Waals surface area contributed by atoms with Gasteiger partial charge in [0.05, 0.1) is 0 Å². The lowest BCUT2D eigenvalue weighted by atomic mass is 9.47. The number of aliphatic hydroxyl groups excluding tert-OH is 1. The van der Waals surface area contributed by atoms with E-state index in [1.165, 1.54) is 24.8 Å². The molecule has 1 spiro atoms. The summed E-state index contributed by atoms with van der Waals surface area (Å²) in [6.07, 6.45) is 12.6. The van der Waals surface area contributed by atoms with Crippen LogP contribution >= 0.6 is 0 Å². The molecule has 2 nitrogen and oxygen atoms in total. The van der Waals surface area contributed by atoms with E-state index in [0.29, 0.717) is 11.3 Å². The Labute approximate surface area is 126 Å². The molecular weight excluding hydrogens is 260 g/mol. The van der Waals surface area contributed by atoms with Crippen molar-refractivity contribution in [2.24, 2.45) is 22.2 Å². The number of Topliss-reactive ketones (excluding diaryl/α,β-unsaturated/α-hetero) is 1. The minimum atomic E-state index is -0.166. The molecule has 0 aromatic heterocycles. The third kappa shape index (κ3) is 1.51. The lowest BCUT2D eigenvalue weighted by Gasteiger charge is -2.57. The predicted molar refractivity (Wildman–Crippen MR) is 82.8 cm³/mol. The number of ketones is 1. The molecule has 2 heteroatoms. The fourth-order valence-electron chi connectivity index (χ4n) is 5.95. The van der Waals surface area contributed by atoms with E-state index in [2.05, 4.69) is 26.0 Å². The van der Waals surface area contributed by atoms with Crippen molar-refractivity contribution in [3.8, 4) is 0 Å². The predicted octanol–water partition coefficient (Wildman–Crippen LogP) is 4.49. The zero-order valence-corrected chi connectivity index (χ0v) is 13.2. The Kier molecular flexibility index (Phi) is 2.36. The van der Waals surface area contributed by atoms with Crippen LogP contribution in [0.15, 0.2) is 35.1 Å². The first-order valence-corrected chi connectivity index (χ1v) is 8.17. The van der Waals surface area contributed by atoms with E-state index in [-0.39, 0.29) is 22.4 Å². The molecule has 0 unspecified atom stereocenters. The number of rotatable bonds is 0. The molecular formula is C19H24O2. The molecule has 0 radical (unpaired) electrons. The zero-order valence-electron chi connectivity index (χ0n) is 13.2. The maximum atomic E-state index is 12.1. The highest BCUT2D eigenvalue weighted by Crippen LogP contribution is 2.68. The van der Waals surface area contributed by atoms with E-state index in [4.69, 9.17) is 0 Å². The van der Waals surface area contributed by atoms with Gasteiger partial charge in [-0.15, -0.1) is 0 Å². The first kappa shape index (κ1) is 13.4. The van der Waals surface area contributed by atoms with E-state index >= 15 is 0 Å². The third-order valence-electron chi connectivity index (χ3n) is 6.93. The number of fused-ring (bicyclic) bond motifs is 3. The van der Waals surface area contributed by atoms with Gasteiger partial charge in [-0.05, 0) is 61.9 Å². The van der Waals surface area contributed by atoms with Crippen molar-refractivity contribution >= 4 is 5.78 Å². The normalized spacial score (nSPS) is 48.0. The van der Waals surface area contributed by atoms with Crippen molar-refractivity contribution in [2.75, 3.05) is 0 Å². The number of allylic oxidation sites excluding steroid dienone is 5. The van der Waals surface area contributed by atoms with Crippen molar-refractivity contribution in [3.05, 3.63) is 35.1 Å². The monoisotopic (exact) mass is 284 g/mol. The van der Waals surface area contributed by atoms with Gasteiger partial charge in [0.2, 0.25) is 5.78 Å². The molecule has 0 aliphatic heterocycles. The van der Waals surface area contributed by atoms with Crippen LogP contribution < -0.4 is 0 Å². The van der Waals surface area contributed by atoms with E-state index < -0.39 is 0 Å². The SMILES string of the molecule is CC1=C2CC[C@@]34C=C[C@@](C)(CC[C@H]3[C@]2(C)C=C(O)C1=O)C4. The van der Waals surface area contributed by atoms with Gasteiger partial charge in [0.15, 0.2) is 5.76 Å². The lowest BCUT2D eigenvalue weighted by Crippen LogP contribution is -2.49. The van der Waals surface area contributed by atoms with E-state index in [1.54, 1.807) is 0 Å². The molecule has 0 aromatic carbocycles. The smallest absolute Gasteiger partial charge is 0.222 e. The Hall–Kier alpha value is -1.31. The Morgan fingerprint density at radius 3 is 2.76 bits per heavy atom.